The minimum absolute atomic E-state index is 0.0492. The van der Waals surface area contributed by atoms with E-state index in [0.717, 1.165) is 5.56 Å². The van der Waals surface area contributed by atoms with Gasteiger partial charge in [-0.25, -0.2) is 8.42 Å². The van der Waals surface area contributed by atoms with Crippen LogP contribution in [0.4, 0.5) is 11.4 Å². The molecule has 0 atom stereocenters. The van der Waals surface area contributed by atoms with Crippen LogP contribution in [0.25, 0.3) is 0 Å². The molecule has 162 valence electrons. The summed E-state index contributed by atoms with van der Waals surface area (Å²) in [5.41, 5.74) is 1.56. The number of carbonyl (C=O) groups excluding carboxylic acids is 1. The molecule has 0 bridgehead atoms. The van der Waals surface area contributed by atoms with E-state index in [2.05, 4.69) is 10.0 Å². The molecule has 0 aromatic heterocycles. The van der Waals surface area contributed by atoms with Crippen LogP contribution in [0.1, 0.15) is 5.56 Å². The number of rotatable bonds is 8. The minimum atomic E-state index is -3.81. The third kappa shape index (κ3) is 6.54. The van der Waals surface area contributed by atoms with Crippen LogP contribution in [-0.2, 0) is 20.6 Å². The summed E-state index contributed by atoms with van der Waals surface area (Å²) in [6.45, 7) is 0. The van der Waals surface area contributed by atoms with Crippen molar-refractivity contribution in [3.05, 3.63) is 87.4 Å². The van der Waals surface area contributed by atoms with Crippen LogP contribution in [0.15, 0.2) is 71.6 Å². The van der Waals surface area contributed by atoms with Gasteiger partial charge in [0, 0.05) is 21.5 Å². The monoisotopic (exact) mass is 514 g/mol. The van der Waals surface area contributed by atoms with Crippen molar-refractivity contribution < 1.29 is 13.2 Å². The van der Waals surface area contributed by atoms with Gasteiger partial charge in [0.25, 0.3) is 10.0 Å². The Morgan fingerprint density at radius 1 is 0.839 bits per heavy atom. The van der Waals surface area contributed by atoms with Crippen LogP contribution in [-0.4, -0.2) is 20.1 Å². The van der Waals surface area contributed by atoms with Gasteiger partial charge >= 0.3 is 0 Å². The number of halogens is 3. The lowest BCUT2D eigenvalue weighted by molar-refractivity contribution is -0.113. The molecule has 0 radical (unpaired) electrons. The molecule has 0 aliphatic heterocycles. The Hall–Kier alpha value is -1.90. The molecule has 0 aliphatic rings. The number of hydrogen-bond acceptors (Lipinski definition) is 4. The molecule has 0 saturated heterocycles. The van der Waals surface area contributed by atoms with Gasteiger partial charge in [0.15, 0.2) is 0 Å². The van der Waals surface area contributed by atoms with Gasteiger partial charge in [0.2, 0.25) is 5.91 Å². The van der Waals surface area contributed by atoms with E-state index in [4.69, 9.17) is 34.8 Å². The molecule has 0 spiro atoms. The lowest BCUT2D eigenvalue weighted by Crippen LogP contribution is -2.15. The number of sulfonamides is 1. The van der Waals surface area contributed by atoms with E-state index in [0.29, 0.717) is 26.5 Å². The lowest BCUT2D eigenvalue weighted by Gasteiger charge is -2.11. The lowest BCUT2D eigenvalue weighted by atomic mass is 10.2. The van der Waals surface area contributed by atoms with Crippen LogP contribution in [0.3, 0.4) is 0 Å². The molecule has 31 heavy (non-hydrogen) atoms. The third-order valence-electron chi connectivity index (χ3n) is 4.11. The zero-order valence-electron chi connectivity index (χ0n) is 15.9. The van der Waals surface area contributed by atoms with Gasteiger partial charge in [-0.3, -0.25) is 9.52 Å². The number of anilines is 2. The SMILES string of the molecule is O=C(CSCc1c(Cl)cccc1Cl)Nc1ccc(S(=O)(=O)Nc2ccccc2Cl)cc1. The highest BCUT2D eigenvalue weighted by Gasteiger charge is 2.16. The standard InChI is InChI=1S/C21H17Cl3N2O3S2/c22-17-5-3-6-18(23)16(17)12-30-13-21(27)25-14-8-10-15(11-9-14)31(28,29)26-20-7-2-1-4-19(20)24/h1-11,26H,12-13H2,(H,25,27). The summed E-state index contributed by atoms with van der Waals surface area (Å²) < 4.78 is 27.5. The Labute approximate surface area is 200 Å². The summed E-state index contributed by atoms with van der Waals surface area (Å²) in [5, 5.41) is 4.15. The third-order valence-corrected chi connectivity index (χ3v) is 7.49. The van der Waals surface area contributed by atoms with E-state index in [9.17, 15) is 13.2 Å². The van der Waals surface area contributed by atoms with Crippen molar-refractivity contribution in [1.82, 2.24) is 0 Å². The van der Waals surface area contributed by atoms with Crippen molar-refractivity contribution in [1.29, 1.82) is 0 Å². The number of thioether (sulfide) groups is 1. The summed E-state index contributed by atoms with van der Waals surface area (Å²) in [7, 11) is -3.81. The number of carbonyl (C=O) groups is 1. The average molecular weight is 516 g/mol. The fourth-order valence-corrected chi connectivity index (χ4v) is 5.46. The van der Waals surface area contributed by atoms with Gasteiger partial charge in [0.05, 0.1) is 21.4 Å². The van der Waals surface area contributed by atoms with Gasteiger partial charge in [0.1, 0.15) is 0 Å². The molecule has 0 heterocycles. The summed E-state index contributed by atoms with van der Waals surface area (Å²) >= 11 is 19.6. The Kier molecular flexibility index (Phi) is 8.13. The number of amides is 1. The van der Waals surface area contributed by atoms with Gasteiger partial charge in [-0.2, -0.15) is 0 Å². The minimum Gasteiger partial charge on any atom is -0.325 e. The fourth-order valence-electron chi connectivity index (χ4n) is 2.58. The first-order valence-electron chi connectivity index (χ1n) is 8.94. The van der Waals surface area contributed by atoms with Gasteiger partial charge in [-0.15, -0.1) is 11.8 Å². The van der Waals surface area contributed by atoms with E-state index in [-0.39, 0.29) is 22.2 Å². The maximum Gasteiger partial charge on any atom is 0.261 e. The van der Waals surface area contributed by atoms with Crippen molar-refractivity contribution in [2.24, 2.45) is 0 Å². The van der Waals surface area contributed by atoms with Crippen molar-refractivity contribution in [3.8, 4) is 0 Å². The van der Waals surface area contributed by atoms with Crippen LogP contribution >= 0.6 is 46.6 Å². The van der Waals surface area contributed by atoms with Gasteiger partial charge < -0.3 is 5.32 Å². The smallest absolute Gasteiger partial charge is 0.261 e. The Bertz CT molecular complexity index is 1170. The topological polar surface area (TPSA) is 75.3 Å². The molecule has 0 unspecified atom stereocenters. The molecular weight excluding hydrogens is 499 g/mol. The largest absolute Gasteiger partial charge is 0.325 e. The maximum absolute atomic E-state index is 12.5. The second kappa shape index (κ2) is 10.6. The first-order valence-corrected chi connectivity index (χ1v) is 12.7. The summed E-state index contributed by atoms with van der Waals surface area (Å²) in [5.74, 6) is 0.463. The second-order valence-electron chi connectivity index (χ2n) is 6.35. The molecule has 2 N–H and O–H groups in total. The molecule has 3 aromatic rings. The quantitative estimate of drug-likeness (QED) is 0.368. The Morgan fingerprint density at radius 3 is 2.10 bits per heavy atom. The van der Waals surface area contributed by atoms with E-state index in [1.54, 1.807) is 42.5 Å². The number of para-hydroxylation sites is 1. The summed E-state index contributed by atoms with van der Waals surface area (Å²) in [4.78, 5) is 12.2. The normalized spacial score (nSPS) is 11.2. The molecule has 0 aliphatic carbocycles. The first-order chi connectivity index (χ1) is 14.8. The average Bonchev–Trinajstić information content (AvgIpc) is 2.72. The molecular formula is C21H17Cl3N2O3S2. The molecule has 5 nitrogen and oxygen atoms in total. The first kappa shape index (κ1) is 23.8. The molecule has 0 fully saturated rings. The fraction of sp³-hybridized carbons (Fsp3) is 0.0952. The molecule has 3 rings (SSSR count). The Morgan fingerprint density at radius 2 is 1.45 bits per heavy atom. The van der Waals surface area contributed by atoms with Gasteiger partial charge in [-0.05, 0) is 54.1 Å². The van der Waals surface area contributed by atoms with Crippen LogP contribution in [0, 0.1) is 0 Å². The molecule has 0 saturated carbocycles. The zero-order valence-corrected chi connectivity index (χ0v) is 19.8. The zero-order chi connectivity index (χ0) is 22.4. The van der Waals surface area contributed by atoms with Crippen LogP contribution in [0.2, 0.25) is 15.1 Å². The number of nitrogens with one attached hydrogen (secondary N) is 2. The van der Waals surface area contributed by atoms with Gasteiger partial charge in [-0.1, -0.05) is 53.0 Å². The number of benzene rings is 3. The van der Waals surface area contributed by atoms with E-state index in [1.807, 2.05) is 0 Å². The molecule has 3 aromatic carbocycles. The predicted octanol–water partition coefficient (Wildman–Crippen LogP) is 6.32. The van der Waals surface area contributed by atoms with E-state index >= 15 is 0 Å². The van der Waals surface area contributed by atoms with Crippen molar-refractivity contribution in [2.75, 3.05) is 15.8 Å². The summed E-state index contributed by atoms with van der Waals surface area (Å²) in [6.07, 6.45) is 0. The van der Waals surface area contributed by atoms with Crippen molar-refractivity contribution >= 4 is 73.9 Å². The van der Waals surface area contributed by atoms with Crippen molar-refractivity contribution in [2.45, 2.75) is 10.6 Å². The maximum atomic E-state index is 12.5. The summed E-state index contributed by atoms with van der Waals surface area (Å²) in [6, 6.07) is 17.7. The van der Waals surface area contributed by atoms with Crippen molar-refractivity contribution in [3.63, 3.8) is 0 Å². The molecule has 10 heteroatoms. The molecule has 1 amide bonds. The van der Waals surface area contributed by atoms with Crippen LogP contribution in [0.5, 0.6) is 0 Å². The van der Waals surface area contributed by atoms with E-state index < -0.39 is 10.0 Å². The Balaban J connectivity index is 1.56. The number of hydrogen-bond donors (Lipinski definition) is 2. The predicted molar refractivity (Wildman–Crippen MR) is 130 cm³/mol. The highest BCUT2D eigenvalue weighted by Crippen LogP contribution is 2.28. The van der Waals surface area contributed by atoms with Crippen LogP contribution < -0.4 is 10.0 Å². The highest BCUT2D eigenvalue weighted by molar-refractivity contribution is 7.99. The van der Waals surface area contributed by atoms with E-state index in [1.165, 1.54) is 36.0 Å². The second-order valence-corrected chi connectivity index (χ2v) is 10.2. The highest BCUT2D eigenvalue weighted by atomic mass is 35.5.